The van der Waals surface area contributed by atoms with Gasteiger partial charge in [0.2, 0.25) is 0 Å². The Morgan fingerprint density at radius 1 is 1.00 bits per heavy atom. The minimum atomic E-state index is -0.0980. The van der Waals surface area contributed by atoms with Gasteiger partial charge in [-0.05, 0) is 54.8 Å². The first-order chi connectivity index (χ1) is 9.47. The lowest BCUT2D eigenvalue weighted by Crippen LogP contribution is -2.22. The van der Waals surface area contributed by atoms with Crippen molar-refractivity contribution < 1.29 is 4.79 Å². The minimum absolute atomic E-state index is 0.0980. The lowest BCUT2D eigenvalue weighted by atomic mass is 10.1. The van der Waals surface area contributed by atoms with Crippen molar-refractivity contribution in [2.75, 3.05) is 0 Å². The molecule has 1 amide bonds. The van der Waals surface area contributed by atoms with E-state index in [1.807, 2.05) is 38.1 Å². The van der Waals surface area contributed by atoms with Crippen molar-refractivity contribution in [2.24, 2.45) is 0 Å². The van der Waals surface area contributed by atoms with E-state index in [1.54, 1.807) is 12.1 Å². The van der Waals surface area contributed by atoms with Crippen LogP contribution in [0.15, 0.2) is 36.4 Å². The van der Waals surface area contributed by atoms with Crippen LogP contribution in [-0.4, -0.2) is 5.91 Å². The Morgan fingerprint density at radius 3 is 2.40 bits per heavy atom. The summed E-state index contributed by atoms with van der Waals surface area (Å²) in [7, 11) is 0. The lowest BCUT2D eigenvalue weighted by Gasteiger charge is -2.08. The zero-order valence-corrected chi connectivity index (χ0v) is 12.8. The molecule has 4 heteroatoms. The third-order valence-corrected chi connectivity index (χ3v) is 3.95. The highest BCUT2D eigenvalue weighted by Gasteiger charge is 2.07. The molecule has 0 aromatic heterocycles. The summed E-state index contributed by atoms with van der Waals surface area (Å²) in [6, 6.07) is 11.0. The van der Waals surface area contributed by atoms with Crippen molar-refractivity contribution >= 4 is 29.1 Å². The van der Waals surface area contributed by atoms with Crippen molar-refractivity contribution in [3.05, 3.63) is 68.7 Å². The molecular weight excluding hydrogens is 293 g/mol. The van der Waals surface area contributed by atoms with Crippen LogP contribution >= 0.6 is 23.2 Å². The van der Waals surface area contributed by atoms with Gasteiger partial charge in [-0.2, -0.15) is 0 Å². The third-order valence-electron chi connectivity index (χ3n) is 3.21. The maximum absolute atomic E-state index is 12.1. The van der Waals surface area contributed by atoms with Crippen LogP contribution in [0.3, 0.4) is 0 Å². The van der Waals surface area contributed by atoms with Crippen LogP contribution in [0.2, 0.25) is 10.0 Å². The molecule has 0 fully saturated rings. The van der Waals surface area contributed by atoms with E-state index in [0.717, 1.165) is 11.1 Å². The second-order valence-corrected chi connectivity index (χ2v) is 5.54. The number of carbonyl (C=O) groups excluding carboxylic acids is 1. The topological polar surface area (TPSA) is 29.1 Å². The highest BCUT2D eigenvalue weighted by molar-refractivity contribution is 6.42. The third kappa shape index (κ3) is 3.53. The normalized spacial score (nSPS) is 10.4. The molecule has 2 aromatic carbocycles. The van der Waals surface area contributed by atoms with Gasteiger partial charge in [0.1, 0.15) is 0 Å². The van der Waals surface area contributed by atoms with E-state index < -0.39 is 0 Å². The van der Waals surface area contributed by atoms with Gasteiger partial charge >= 0.3 is 0 Å². The van der Waals surface area contributed by atoms with Crippen LogP contribution < -0.4 is 5.32 Å². The Balaban J connectivity index is 2.04. The molecule has 0 spiro atoms. The predicted octanol–water partition coefficient (Wildman–Crippen LogP) is 4.54. The van der Waals surface area contributed by atoms with Gasteiger partial charge in [-0.1, -0.05) is 35.3 Å². The molecule has 0 saturated heterocycles. The van der Waals surface area contributed by atoms with Crippen molar-refractivity contribution in [1.29, 1.82) is 0 Å². The molecule has 20 heavy (non-hydrogen) atoms. The molecule has 0 aliphatic rings. The van der Waals surface area contributed by atoms with Crippen molar-refractivity contribution in [3.8, 4) is 0 Å². The lowest BCUT2D eigenvalue weighted by molar-refractivity contribution is 0.0951. The van der Waals surface area contributed by atoms with E-state index >= 15 is 0 Å². The summed E-state index contributed by atoms with van der Waals surface area (Å²) in [5, 5.41) is 3.87. The summed E-state index contributed by atoms with van der Waals surface area (Å²) >= 11 is 11.8. The number of nitrogens with one attached hydrogen (secondary N) is 1. The van der Waals surface area contributed by atoms with Gasteiger partial charge in [-0.25, -0.2) is 0 Å². The Kier molecular flexibility index (Phi) is 4.69. The number of benzene rings is 2. The fraction of sp³-hybridized carbons (Fsp3) is 0.188. The number of hydrogen-bond acceptors (Lipinski definition) is 1. The van der Waals surface area contributed by atoms with E-state index in [-0.39, 0.29) is 5.91 Å². The zero-order chi connectivity index (χ0) is 14.7. The fourth-order valence-corrected chi connectivity index (χ4v) is 2.14. The summed E-state index contributed by atoms with van der Waals surface area (Å²) in [6.07, 6.45) is 0. The SMILES string of the molecule is Cc1ccc(C(=O)NCc2ccc(Cl)c(Cl)c2)cc1C. The largest absolute Gasteiger partial charge is 0.348 e. The first kappa shape index (κ1) is 14.9. The van der Waals surface area contributed by atoms with Crippen LogP contribution in [-0.2, 0) is 6.54 Å². The first-order valence-electron chi connectivity index (χ1n) is 6.27. The Hall–Kier alpha value is -1.51. The number of halogens is 2. The predicted molar refractivity (Wildman–Crippen MR) is 83.5 cm³/mol. The highest BCUT2D eigenvalue weighted by Crippen LogP contribution is 2.22. The fourth-order valence-electron chi connectivity index (χ4n) is 1.82. The molecular formula is C16H15Cl2NO. The molecule has 0 aliphatic carbocycles. The van der Waals surface area contributed by atoms with Crippen LogP contribution in [0.5, 0.6) is 0 Å². The van der Waals surface area contributed by atoms with E-state index in [4.69, 9.17) is 23.2 Å². The molecule has 0 bridgehead atoms. The molecule has 0 radical (unpaired) electrons. The average molecular weight is 308 g/mol. The monoisotopic (exact) mass is 307 g/mol. The smallest absolute Gasteiger partial charge is 0.251 e. The standard InChI is InChI=1S/C16H15Cl2NO/c1-10-3-5-13(7-11(10)2)16(20)19-9-12-4-6-14(17)15(18)8-12/h3-8H,9H2,1-2H3,(H,19,20). The van der Waals surface area contributed by atoms with E-state index in [0.29, 0.717) is 22.2 Å². The molecule has 104 valence electrons. The Labute approximate surface area is 128 Å². The summed E-state index contributed by atoms with van der Waals surface area (Å²) in [5.41, 5.74) is 3.85. The maximum Gasteiger partial charge on any atom is 0.251 e. The molecule has 1 N–H and O–H groups in total. The maximum atomic E-state index is 12.1. The van der Waals surface area contributed by atoms with Crippen molar-refractivity contribution in [2.45, 2.75) is 20.4 Å². The molecule has 2 rings (SSSR count). The van der Waals surface area contributed by atoms with Gasteiger partial charge in [0.25, 0.3) is 5.91 Å². The van der Waals surface area contributed by atoms with Crippen LogP contribution in [0.4, 0.5) is 0 Å². The summed E-state index contributed by atoms with van der Waals surface area (Å²) in [6.45, 7) is 4.43. The van der Waals surface area contributed by atoms with E-state index in [9.17, 15) is 4.79 Å². The summed E-state index contributed by atoms with van der Waals surface area (Å²) in [5.74, 6) is -0.0980. The number of hydrogen-bond donors (Lipinski definition) is 1. The van der Waals surface area contributed by atoms with Gasteiger partial charge in [0.05, 0.1) is 10.0 Å². The number of aryl methyl sites for hydroxylation is 2. The molecule has 0 aliphatic heterocycles. The van der Waals surface area contributed by atoms with Gasteiger partial charge in [0.15, 0.2) is 0 Å². The molecule has 0 atom stereocenters. The average Bonchev–Trinajstić information content (AvgIpc) is 2.43. The molecule has 0 saturated carbocycles. The minimum Gasteiger partial charge on any atom is -0.348 e. The molecule has 2 nitrogen and oxygen atoms in total. The number of carbonyl (C=O) groups is 1. The Morgan fingerprint density at radius 2 is 1.75 bits per heavy atom. The van der Waals surface area contributed by atoms with Crippen LogP contribution in [0, 0.1) is 13.8 Å². The quantitative estimate of drug-likeness (QED) is 0.886. The van der Waals surface area contributed by atoms with Crippen molar-refractivity contribution in [3.63, 3.8) is 0 Å². The number of rotatable bonds is 3. The van der Waals surface area contributed by atoms with Gasteiger partial charge in [-0.15, -0.1) is 0 Å². The van der Waals surface area contributed by atoms with Crippen LogP contribution in [0.25, 0.3) is 0 Å². The van der Waals surface area contributed by atoms with Crippen molar-refractivity contribution in [1.82, 2.24) is 5.32 Å². The second kappa shape index (κ2) is 6.29. The van der Waals surface area contributed by atoms with Gasteiger partial charge in [-0.3, -0.25) is 4.79 Å². The van der Waals surface area contributed by atoms with Gasteiger partial charge < -0.3 is 5.32 Å². The van der Waals surface area contributed by atoms with Crippen LogP contribution in [0.1, 0.15) is 27.0 Å². The van der Waals surface area contributed by atoms with E-state index in [1.165, 1.54) is 5.56 Å². The van der Waals surface area contributed by atoms with Gasteiger partial charge in [0, 0.05) is 12.1 Å². The Bertz CT molecular complexity index is 653. The van der Waals surface area contributed by atoms with E-state index in [2.05, 4.69) is 5.32 Å². The number of amides is 1. The molecule has 0 unspecified atom stereocenters. The molecule has 2 aromatic rings. The zero-order valence-electron chi connectivity index (χ0n) is 11.3. The molecule has 0 heterocycles. The summed E-state index contributed by atoms with van der Waals surface area (Å²) in [4.78, 5) is 12.1. The first-order valence-corrected chi connectivity index (χ1v) is 7.02. The summed E-state index contributed by atoms with van der Waals surface area (Å²) < 4.78 is 0. The highest BCUT2D eigenvalue weighted by atomic mass is 35.5. The second-order valence-electron chi connectivity index (χ2n) is 4.73.